The van der Waals surface area contributed by atoms with Crippen LogP contribution in [0.2, 0.25) is 0 Å². The van der Waals surface area contributed by atoms with Crippen molar-refractivity contribution in [2.75, 3.05) is 13.1 Å². The van der Waals surface area contributed by atoms with Crippen LogP contribution in [0.5, 0.6) is 0 Å². The molecule has 1 heterocycles. The Labute approximate surface area is 142 Å². The Morgan fingerprint density at radius 3 is 2.67 bits per heavy atom. The maximum Gasteiger partial charge on any atom is 0.224 e. The molecule has 1 aliphatic rings. The summed E-state index contributed by atoms with van der Waals surface area (Å²) >= 11 is 0. The Morgan fingerprint density at radius 1 is 1.12 bits per heavy atom. The number of nitrogens with zero attached hydrogens (tertiary/aromatic N) is 1. The number of hydrogen-bond acceptors (Lipinski definition) is 2. The van der Waals surface area contributed by atoms with Crippen LogP contribution in [-0.4, -0.2) is 29.9 Å². The standard InChI is InChI=1S/C20H23FN2O/c21-19-11-5-4-9-17(19)13-20(24)22-18-10-6-12-23(15-18)14-16-7-2-1-3-8-16/h1-5,7-9,11,18H,6,10,12-15H2,(H,22,24). The van der Waals surface area contributed by atoms with Crippen LogP contribution in [0.3, 0.4) is 0 Å². The minimum absolute atomic E-state index is 0.0991. The van der Waals surface area contributed by atoms with Gasteiger partial charge < -0.3 is 5.32 Å². The molecule has 0 aliphatic carbocycles. The van der Waals surface area contributed by atoms with Gasteiger partial charge in [0.25, 0.3) is 0 Å². The summed E-state index contributed by atoms with van der Waals surface area (Å²) in [5.41, 5.74) is 1.74. The van der Waals surface area contributed by atoms with Crippen molar-refractivity contribution in [2.45, 2.75) is 31.8 Å². The largest absolute Gasteiger partial charge is 0.352 e. The molecule has 2 aromatic rings. The van der Waals surface area contributed by atoms with Crippen LogP contribution in [0.4, 0.5) is 4.39 Å². The fourth-order valence-corrected chi connectivity index (χ4v) is 3.25. The summed E-state index contributed by atoms with van der Waals surface area (Å²) < 4.78 is 13.6. The molecule has 1 amide bonds. The summed E-state index contributed by atoms with van der Waals surface area (Å²) in [6.07, 6.45) is 2.15. The van der Waals surface area contributed by atoms with Crippen molar-refractivity contribution in [1.29, 1.82) is 0 Å². The second kappa shape index (κ2) is 8.06. The lowest BCUT2D eigenvalue weighted by Crippen LogP contribution is -2.47. The summed E-state index contributed by atoms with van der Waals surface area (Å²) in [5.74, 6) is -0.423. The third kappa shape index (κ3) is 4.65. The third-order valence-electron chi connectivity index (χ3n) is 4.43. The number of piperidine rings is 1. The van der Waals surface area contributed by atoms with E-state index in [1.54, 1.807) is 18.2 Å². The average Bonchev–Trinajstić information content (AvgIpc) is 2.58. The first-order valence-electron chi connectivity index (χ1n) is 8.50. The monoisotopic (exact) mass is 326 g/mol. The van der Waals surface area contributed by atoms with Gasteiger partial charge >= 0.3 is 0 Å². The Balaban J connectivity index is 1.51. The van der Waals surface area contributed by atoms with Crippen LogP contribution in [0.15, 0.2) is 54.6 Å². The quantitative estimate of drug-likeness (QED) is 0.915. The number of likely N-dealkylation sites (tertiary alicyclic amines) is 1. The molecule has 1 aliphatic heterocycles. The molecule has 3 rings (SSSR count). The van der Waals surface area contributed by atoms with Gasteiger partial charge in [0.1, 0.15) is 5.82 Å². The third-order valence-corrected chi connectivity index (χ3v) is 4.43. The molecular formula is C20H23FN2O. The molecule has 3 nitrogen and oxygen atoms in total. The molecule has 24 heavy (non-hydrogen) atoms. The lowest BCUT2D eigenvalue weighted by molar-refractivity contribution is -0.121. The molecule has 4 heteroatoms. The summed E-state index contributed by atoms with van der Waals surface area (Å²) in [5, 5.41) is 3.06. The van der Waals surface area contributed by atoms with Crippen molar-refractivity contribution in [3.63, 3.8) is 0 Å². The van der Waals surface area contributed by atoms with Crippen molar-refractivity contribution >= 4 is 5.91 Å². The van der Waals surface area contributed by atoms with E-state index < -0.39 is 0 Å². The highest BCUT2D eigenvalue weighted by atomic mass is 19.1. The first kappa shape index (κ1) is 16.7. The number of nitrogens with one attached hydrogen (secondary N) is 1. The van der Waals surface area contributed by atoms with E-state index in [0.717, 1.165) is 32.5 Å². The van der Waals surface area contributed by atoms with E-state index in [1.807, 2.05) is 18.2 Å². The SMILES string of the molecule is O=C(Cc1ccccc1F)NC1CCCN(Cc2ccccc2)C1. The minimum Gasteiger partial charge on any atom is -0.352 e. The zero-order chi connectivity index (χ0) is 16.8. The summed E-state index contributed by atoms with van der Waals surface area (Å²) in [7, 11) is 0. The highest BCUT2D eigenvalue weighted by Gasteiger charge is 2.21. The van der Waals surface area contributed by atoms with Crippen LogP contribution in [-0.2, 0) is 17.8 Å². The van der Waals surface area contributed by atoms with E-state index in [4.69, 9.17) is 0 Å². The lowest BCUT2D eigenvalue weighted by Gasteiger charge is -2.33. The molecule has 0 bridgehead atoms. The Hall–Kier alpha value is -2.20. The van der Waals surface area contributed by atoms with E-state index >= 15 is 0 Å². The molecule has 2 aromatic carbocycles. The van der Waals surface area contributed by atoms with Crippen molar-refractivity contribution in [3.05, 3.63) is 71.5 Å². The van der Waals surface area contributed by atoms with Crippen molar-refractivity contribution < 1.29 is 9.18 Å². The molecule has 126 valence electrons. The topological polar surface area (TPSA) is 32.3 Å². The number of rotatable bonds is 5. The minimum atomic E-state index is -0.318. The van der Waals surface area contributed by atoms with Crippen LogP contribution >= 0.6 is 0 Å². The van der Waals surface area contributed by atoms with Crippen LogP contribution < -0.4 is 5.32 Å². The maximum absolute atomic E-state index is 13.6. The van der Waals surface area contributed by atoms with Crippen molar-refractivity contribution in [1.82, 2.24) is 10.2 Å². The number of benzene rings is 2. The summed E-state index contributed by atoms with van der Waals surface area (Å²) in [6.45, 7) is 2.80. The fourth-order valence-electron chi connectivity index (χ4n) is 3.25. The van der Waals surface area contributed by atoms with Gasteiger partial charge in [-0.3, -0.25) is 9.69 Å². The average molecular weight is 326 g/mol. The first-order chi connectivity index (χ1) is 11.7. The molecule has 1 saturated heterocycles. The molecule has 1 fully saturated rings. The van der Waals surface area contributed by atoms with Gasteiger partial charge in [0.05, 0.1) is 6.42 Å². The number of carbonyl (C=O) groups excluding carboxylic acids is 1. The first-order valence-corrected chi connectivity index (χ1v) is 8.50. The fraction of sp³-hybridized carbons (Fsp3) is 0.350. The van der Waals surface area contributed by atoms with E-state index in [1.165, 1.54) is 11.6 Å². The normalized spacial score (nSPS) is 18.3. The van der Waals surface area contributed by atoms with Gasteiger partial charge in [-0.1, -0.05) is 48.5 Å². The molecule has 1 atom stereocenters. The van der Waals surface area contributed by atoms with E-state index in [0.29, 0.717) is 5.56 Å². The predicted octanol–water partition coefficient (Wildman–Crippen LogP) is 3.15. The zero-order valence-electron chi connectivity index (χ0n) is 13.7. The highest BCUT2D eigenvalue weighted by molar-refractivity contribution is 5.78. The van der Waals surface area contributed by atoms with Gasteiger partial charge in [-0.15, -0.1) is 0 Å². The summed E-state index contributed by atoms with van der Waals surface area (Å²) in [4.78, 5) is 14.6. The number of hydrogen-bond donors (Lipinski definition) is 1. The zero-order valence-corrected chi connectivity index (χ0v) is 13.7. The number of halogens is 1. The molecular weight excluding hydrogens is 303 g/mol. The predicted molar refractivity (Wildman–Crippen MR) is 93.0 cm³/mol. The molecule has 1 unspecified atom stereocenters. The highest BCUT2D eigenvalue weighted by Crippen LogP contribution is 2.14. The number of carbonyl (C=O) groups is 1. The Morgan fingerprint density at radius 2 is 1.88 bits per heavy atom. The van der Waals surface area contributed by atoms with Gasteiger partial charge in [-0.25, -0.2) is 4.39 Å². The van der Waals surface area contributed by atoms with E-state index in [2.05, 4.69) is 22.3 Å². The van der Waals surface area contributed by atoms with E-state index in [9.17, 15) is 9.18 Å². The van der Waals surface area contributed by atoms with Gasteiger partial charge in [-0.05, 0) is 36.6 Å². The summed E-state index contributed by atoms with van der Waals surface area (Å²) in [6, 6.07) is 17.0. The lowest BCUT2D eigenvalue weighted by atomic mass is 10.0. The van der Waals surface area contributed by atoms with Gasteiger partial charge in [0.15, 0.2) is 0 Å². The van der Waals surface area contributed by atoms with Crippen LogP contribution in [0.1, 0.15) is 24.0 Å². The maximum atomic E-state index is 13.6. The van der Waals surface area contributed by atoms with Gasteiger partial charge in [0.2, 0.25) is 5.91 Å². The van der Waals surface area contributed by atoms with Crippen molar-refractivity contribution in [3.8, 4) is 0 Å². The second-order valence-electron chi connectivity index (χ2n) is 6.40. The van der Waals surface area contributed by atoms with E-state index in [-0.39, 0.29) is 24.2 Å². The number of amides is 1. The molecule has 0 aromatic heterocycles. The molecule has 0 spiro atoms. The Bertz CT molecular complexity index is 674. The molecule has 0 saturated carbocycles. The molecule has 0 radical (unpaired) electrons. The van der Waals surface area contributed by atoms with Gasteiger partial charge in [-0.2, -0.15) is 0 Å². The van der Waals surface area contributed by atoms with Crippen LogP contribution in [0.25, 0.3) is 0 Å². The molecule has 1 N–H and O–H groups in total. The Kier molecular flexibility index (Phi) is 5.59. The van der Waals surface area contributed by atoms with Crippen LogP contribution in [0, 0.1) is 5.82 Å². The van der Waals surface area contributed by atoms with Crippen molar-refractivity contribution in [2.24, 2.45) is 0 Å². The van der Waals surface area contributed by atoms with Gasteiger partial charge in [0, 0.05) is 19.1 Å². The second-order valence-corrected chi connectivity index (χ2v) is 6.40. The smallest absolute Gasteiger partial charge is 0.224 e.